The largest absolute Gasteiger partial charge is 0.343 e. The summed E-state index contributed by atoms with van der Waals surface area (Å²) in [6, 6.07) is 5.24. The molecule has 3 rings (SSSR count). The highest BCUT2D eigenvalue weighted by molar-refractivity contribution is 7.88. The smallest absolute Gasteiger partial charge is 0.225 e. The van der Waals surface area contributed by atoms with Gasteiger partial charge in [-0.1, -0.05) is 42.1 Å². The van der Waals surface area contributed by atoms with E-state index >= 15 is 0 Å². The van der Waals surface area contributed by atoms with Gasteiger partial charge in [0.25, 0.3) is 0 Å². The van der Waals surface area contributed by atoms with Gasteiger partial charge in [0.1, 0.15) is 0 Å². The number of carbonyl (C=O) groups is 1. The molecule has 1 aromatic carbocycles. The lowest BCUT2D eigenvalue weighted by molar-refractivity contribution is -0.137. The molecule has 1 aliphatic carbocycles. The van der Waals surface area contributed by atoms with Gasteiger partial charge in [0.05, 0.1) is 15.8 Å². The SMILES string of the molecule is CN(C(=O)C1CCN(S(=O)(=O)Cc2ccc(Cl)c(Cl)c2)CC1)C1CCCC1. The van der Waals surface area contributed by atoms with Crippen LogP contribution in [0.2, 0.25) is 10.0 Å². The predicted molar refractivity (Wildman–Crippen MR) is 108 cm³/mol. The second kappa shape index (κ2) is 8.68. The van der Waals surface area contributed by atoms with Crippen molar-refractivity contribution in [2.24, 2.45) is 5.92 Å². The molecule has 1 heterocycles. The first-order valence-electron chi connectivity index (χ1n) is 9.46. The van der Waals surface area contributed by atoms with Crippen LogP contribution in [0.15, 0.2) is 18.2 Å². The minimum Gasteiger partial charge on any atom is -0.343 e. The summed E-state index contributed by atoms with van der Waals surface area (Å²) in [4.78, 5) is 14.6. The van der Waals surface area contributed by atoms with E-state index < -0.39 is 10.0 Å². The van der Waals surface area contributed by atoms with Crippen LogP contribution in [-0.2, 0) is 20.6 Å². The fraction of sp³-hybridized carbons (Fsp3) is 0.632. The minimum absolute atomic E-state index is 0.0768. The molecule has 0 aromatic heterocycles. The second-order valence-electron chi connectivity index (χ2n) is 7.57. The van der Waals surface area contributed by atoms with Crippen molar-refractivity contribution < 1.29 is 13.2 Å². The monoisotopic (exact) mass is 432 g/mol. The van der Waals surface area contributed by atoms with Crippen LogP contribution in [0.25, 0.3) is 0 Å². The molecule has 0 unspecified atom stereocenters. The number of piperidine rings is 1. The van der Waals surface area contributed by atoms with Crippen LogP contribution in [-0.4, -0.2) is 49.7 Å². The number of benzene rings is 1. The summed E-state index contributed by atoms with van der Waals surface area (Å²) < 4.78 is 26.9. The third-order valence-electron chi connectivity index (χ3n) is 5.75. The maximum absolute atomic E-state index is 12.7. The Hall–Kier alpha value is -0.820. The number of nitrogens with zero attached hydrogens (tertiary/aromatic N) is 2. The Morgan fingerprint density at radius 1 is 1.11 bits per heavy atom. The van der Waals surface area contributed by atoms with Gasteiger partial charge in [-0.15, -0.1) is 0 Å². The molecule has 1 aliphatic heterocycles. The predicted octanol–water partition coefficient (Wildman–Crippen LogP) is 3.94. The van der Waals surface area contributed by atoms with Crippen molar-refractivity contribution in [1.29, 1.82) is 0 Å². The Balaban J connectivity index is 1.57. The molecule has 0 radical (unpaired) electrons. The van der Waals surface area contributed by atoms with Crippen molar-refractivity contribution in [1.82, 2.24) is 9.21 Å². The van der Waals surface area contributed by atoms with Gasteiger partial charge >= 0.3 is 0 Å². The first-order valence-corrected chi connectivity index (χ1v) is 11.8. The average molecular weight is 433 g/mol. The lowest BCUT2D eigenvalue weighted by atomic mass is 9.96. The Morgan fingerprint density at radius 2 is 1.74 bits per heavy atom. The maximum Gasteiger partial charge on any atom is 0.225 e. The first-order chi connectivity index (χ1) is 12.8. The van der Waals surface area contributed by atoms with Crippen molar-refractivity contribution in [3.8, 4) is 0 Å². The molecule has 150 valence electrons. The summed E-state index contributed by atoms with van der Waals surface area (Å²) in [5, 5.41) is 0.757. The summed E-state index contributed by atoms with van der Waals surface area (Å²) in [7, 11) is -1.55. The Kier molecular flexibility index (Phi) is 6.72. The number of amides is 1. The zero-order chi connectivity index (χ0) is 19.6. The van der Waals surface area contributed by atoms with Crippen LogP contribution in [0.4, 0.5) is 0 Å². The number of carbonyl (C=O) groups excluding carboxylic acids is 1. The molecule has 0 N–H and O–H groups in total. The fourth-order valence-electron chi connectivity index (χ4n) is 4.07. The highest BCUT2D eigenvalue weighted by Crippen LogP contribution is 2.28. The van der Waals surface area contributed by atoms with E-state index in [1.807, 2.05) is 11.9 Å². The minimum atomic E-state index is -3.44. The van der Waals surface area contributed by atoms with Crippen LogP contribution >= 0.6 is 23.2 Å². The van der Waals surface area contributed by atoms with Crippen molar-refractivity contribution in [3.63, 3.8) is 0 Å². The van der Waals surface area contributed by atoms with E-state index in [1.165, 1.54) is 17.1 Å². The zero-order valence-corrected chi connectivity index (χ0v) is 17.9. The Morgan fingerprint density at radius 3 is 2.33 bits per heavy atom. The number of hydrogen-bond acceptors (Lipinski definition) is 3. The number of hydrogen-bond donors (Lipinski definition) is 0. The van der Waals surface area contributed by atoms with E-state index in [4.69, 9.17) is 23.2 Å². The second-order valence-corrected chi connectivity index (χ2v) is 10.3. The summed E-state index contributed by atoms with van der Waals surface area (Å²) in [5.41, 5.74) is 0.614. The van der Waals surface area contributed by atoms with E-state index in [1.54, 1.807) is 18.2 Å². The quantitative estimate of drug-likeness (QED) is 0.707. The van der Waals surface area contributed by atoms with Crippen LogP contribution in [0.1, 0.15) is 44.1 Å². The number of halogens is 2. The standard InChI is InChI=1S/C19H26Cl2N2O3S/c1-22(16-4-2-3-5-16)19(24)15-8-10-23(11-9-15)27(25,26)13-14-6-7-17(20)18(21)12-14/h6-7,12,15-16H,2-5,8-11,13H2,1H3. The van der Waals surface area contributed by atoms with Gasteiger partial charge < -0.3 is 4.90 Å². The number of rotatable bonds is 5. The van der Waals surface area contributed by atoms with Crippen molar-refractivity contribution in [3.05, 3.63) is 33.8 Å². The zero-order valence-electron chi connectivity index (χ0n) is 15.5. The van der Waals surface area contributed by atoms with Gasteiger partial charge in [-0.3, -0.25) is 4.79 Å². The lowest BCUT2D eigenvalue weighted by Crippen LogP contribution is -2.45. The van der Waals surface area contributed by atoms with Crippen molar-refractivity contribution in [2.45, 2.75) is 50.3 Å². The Bertz CT molecular complexity index is 786. The highest BCUT2D eigenvalue weighted by Gasteiger charge is 2.34. The van der Waals surface area contributed by atoms with Crippen LogP contribution in [0, 0.1) is 5.92 Å². The molecule has 1 saturated carbocycles. The maximum atomic E-state index is 12.7. The van der Waals surface area contributed by atoms with E-state index in [9.17, 15) is 13.2 Å². The third kappa shape index (κ3) is 4.97. The van der Waals surface area contributed by atoms with Gasteiger partial charge in [0.15, 0.2) is 0 Å². The normalized spacial score (nSPS) is 20.1. The van der Waals surface area contributed by atoms with E-state index in [2.05, 4.69) is 0 Å². The summed E-state index contributed by atoms with van der Waals surface area (Å²) in [5.74, 6) is -0.0137. The lowest BCUT2D eigenvalue weighted by Gasteiger charge is -2.34. The summed E-state index contributed by atoms with van der Waals surface area (Å²) in [6.07, 6.45) is 5.70. The van der Waals surface area contributed by atoms with E-state index in [0.29, 0.717) is 47.6 Å². The molecule has 5 nitrogen and oxygen atoms in total. The molecule has 8 heteroatoms. The van der Waals surface area contributed by atoms with Crippen molar-refractivity contribution >= 4 is 39.1 Å². The van der Waals surface area contributed by atoms with Crippen LogP contribution in [0.5, 0.6) is 0 Å². The van der Waals surface area contributed by atoms with Crippen LogP contribution < -0.4 is 0 Å². The molecule has 1 aromatic rings. The molecule has 0 atom stereocenters. The fourth-order valence-corrected chi connectivity index (χ4v) is 5.94. The topological polar surface area (TPSA) is 57.7 Å². The molecule has 0 bridgehead atoms. The van der Waals surface area contributed by atoms with E-state index in [0.717, 1.165) is 12.8 Å². The average Bonchev–Trinajstić information content (AvgIpc) is 3.18. The first kappa shape index (κ1) is 20.9. The molecular weight excluding hydrogens is 407 g/mol. The summed E-state index contributed by atoms with van der Waals surface area (Å²) >= 11 is 11.9. The molecule has 2 aliphatic rings. The number of sulfonamides is 1. The van der Waals surface area contributed by atoms with Gasteiger partial charge in [-0.05, 0) is 43.4 Å². The van der Waals surface area contributed by atoms with Gasteiger partial charge in [-0.2, -0.15) is 0 Å². The van der Waals surface area contributed by atoms with E-state index in [-0.39, 0.29) is 17.6 Å². The van der Waals surface area contributed by atoms with Gasteiger partial charge in [0, 0.05) is 32.1 Å². The molecule has 0 spiro atoms. The molecule has 27 heavy (non-hydrogen) atoms. The Labute approximate surface area is 171 Å². The molecule has 1 amide bonds. The van der Waals surface area contributed by atoms with Gasteiger partial charge in [0.2, 0.25) is 15.9 Å². The van der Waals surface area contributed by atoms with Crippen LogP contribution in [0.3, 0.4) is 0 Å². The molecule has 2 fully saturated rings. The molecular formula is C19H26Cl2N2O3S. The van der Waals surface area contributed by atoms with Crippen molar-refractivity contribution in [2.75, 3.05) is 20.1 Å². The van der Waals surface area contributed by atoms with Gasteiger partial charge in [-0.25, -0.2) is 12.7 Å². The summed E-state index contributed by atoms with van der Waals surface area (Å²) in [6.45, 7) is 0.775. The third-order valence-corrected chi connectivity index (χ3v) is 8.34. The molecule has 1 saturated heterocycles. The highest BCUT2D eigenvalue weighted by atomic mass is 35.5.